The molecule has 1 N–H and O–H groups in total. The van der Waals surface area contributed by atoms with Gasteiger partial charge >= 0.3 is 5.97 Å². The van der Waals surface area contributed by atoms with Crippen molar-refractivity contribution in [2.45, 2.75) is 30.6 Å². The van der Waals surface area contributed by atoms with Crippen molar-refractivity contribution in [3.8, 4) is 11.5 Å². The van der Waals surface area contributed by atoms with E-state index in [-0.39, 0.29) is 16.5 Å². The van der Waals surface area contributed by atoms with Gasteiger partial charge in [-0.05, 0) is 54.7 Å². The number of carboxylic acid groups (broad SMARTS) is 1. The van der Waals surface area contributed by atoms with Gasteiger partial charge in [0, 0.05) is 18.1 Å². The number of hydrogen-bond donors (Lipinski definition) is 1. The van der Waals surface area contributed by atoms with Gasteiger partial charge in [0.1, 0.15) is 11.5 Å². The van der Waals surface area contributed by atoms with Gasteiger partial charge in [0.15, 0.2) is 5.65 Å². The van der Waals surface area contributed by atoms with Crippen LogP contribution in [0.2, 0.25) is 0 Å². The molecule has 1 aliphatic carbocycles. The van der Waals surface area contributed by atoms with Gasteiger partial charge in [-0.25, -0.2) is 17.4 Å². The first-order chi connectivity index (χ1) is 15.8. The molecule has 8 nitrogen and oxygen atoms in total. The predicted octanol–water partition coefficient (Wildman–Crippen LogP) is 4.21. The molecule has 1 aromatic carbocycles. The second-order valence-electron chi connectivity index (χ2n) is 8.17. The Hall–Kier alpha value is -3.72. The van der Waals surface area contributed by atoms with Gasteiger partial charge < -0.3 is 9.84 Å². The van der Waals surface area contributed by atoms with Crippen LogP contribution in [0.3, 0.4) is 0 Å². The summed E-state index contributed by atoms with van der Waals surface area (Å²) >= 11 is 0. The van der Waals surface area contributed by atoms with Crippen molar-refractivity contribution in [3.05, 3.63) is 78.4 Å². The maximum absolute atomic E-state index is 13.1. The van der Waals surface area contributed by atoms with Crippen molar-refractivity contribution in [1.29, 1.82) is 0 Å². The summed E-state index contributed by atoms with van der Waals surface area (Å²) in [7, 11) is -3.81. The molecule has 1 aliphatic rings. The number of benzene rings is 1. The summed E-state index contributed by atoms with van der Waals surface area (Å²) in [5.41, 5.74) is 2.00. The molecule has 0 aliphatic heterocycles. The molecule has 2 atom stereocenters. The molecule has 0 fully saturated rings. The minimum absolute atomic E-state index is 0.0498. The molecule has 2 unspecified atom stereocenters. The molecule has 0 saturated carbocycles. The topological polar surface area (TPSA) is 111 Å². The van der Waals surface area contributed by atoms with Crippen LogP contribution in [0, 0.1) is 5.92 Å². The van der Waals surface area contributed by atoms with Crippen LogP contribution in [0.25, 0.3) is 11.0 Å². The van der Waals surface area contributed by atoms with E-state index in [0.717, 1.165) is 15.2 Å². The molecular weight excluding hydrogens is 442 g/mol. The summed E-state index contributed by atoms with van der Waals surface area (Å²) < 4.78 is 33.4. The normalized spacial score (nSPS) is 18.1. The van der Waals surface area contributed by atoms with Crippen molar-refractivity contribution in [2.75, 3.05) is 0 Å². The number of nitrogens with zero attached hydrogens (tertiary/aromatic N) is 3. The van der Waals surface area contributed by atoms with E-state index in [2.05, 4.69) is 9.97 Å². The lowest BCUT2D eigenvalue weighted by atomic mass is 9.80. The van der Waals surface area contributed by atoms with Gasteiger partial charge in [-0.1, -0.05) is 25.1 Å². The van der Waals surface area contributed by atoms with Crippen molar-refractivity contribution in [3.63, 3.8) is 0 Å². The number of ether oxygens (including phenoxy) is 1. The molecule has 0 bridgehead atoms. The quantitative estimate of drug-likeness (QED) is 0.472. The number of rotatable bonds is 5. The molecule has 0 amide bonds. The van der Waals surface area contributed by atoms with Gasteiger partial charge in [-0.15, -0.1) is 0 Å². The van der Waals surface area contributed by atoms with Crippen LogP contribution in [-0.2, 0) is 21.2 Å². The molecule has 9 heteroatoms. The average Bonchev–Trinajstić information content (AvgIpc) is 3.25. The number of hydrogen-bond acceptors (Lipinski definition) is 6. The van der Waals surface area contributed by atoms with Crippen molar-refractivity contribution >= 4 is 27.0 Å². The van der Waals surface area contributed by atoms with E-state index in [1.807, 2.05) is 13.0 Å². The monoisotopic (exact) mass is 463 g/mol. The summed E-state index contributed by atoms with van der Waals surface area (Å²) in [5, 5.41) is 9.98. The maximum atomic E-state index is 13.1. The standard InChI is InChI=1S/C24H21N3O5S/c1-15-11-17(24(28)29)12-16-13-18(14-26-22(15)16)32-21-7-9-25-23-20(21)8-10-27(23)33(30,31)19-5-3-2-4-6-19/h2-10,13-15,17H,11-12H2,1H3,(H,28,29). The first-order valence-electron chi connectivity index (χ1n) is 10.5. The highest BCUT2D eigenvalue weighted by Crippen LogP contribution is 2.37. The zero-order chi connectivity index (χ0) is 23.2. The van der Waals surface area contributed by atoms with E-state index in [4.69, 9.17) is 4.74 Å². The number of carbonyl (C=O) groups is 1. The third-order valence-electron chi connectivity index (χ3n) is 5.94. The SMILES string of the molecule is CC1CC(C(=O)O)Cc2cc(Oc3ccnc4c3ccn4S(=O)(=O)c3ccccc3)cnc21. The number of fused-ring (bicyclic) bond motifs is 2. The smallest absolute Gasteiger partial charge is 0.306 e. The van der Waals surface area contributed by atoms with Crippen molar-refractivity contribution in [2.24, 2.45) is 5.92 Å². The Morgan fingerprint density at radius 1 is 1.15 bits per heavy atom. The van der Waals surface area contributed by atoms with Crippen LogP contribution < -0.4 is 4.74 Å². The second kappa shape index (κ2) is 8.00. The molecule has 3 heterocycles. The van der Waals surface area contributed by atoms with Gasteiger partial charge in [0.25, 0.3) is 10.0 Å². The highest BCUT2D eigenvalue weighted by atomic mass is 32.2. The van der Waals surface area contributed by atoms with Crippen LogP contribution in [0.1, 0.15) is 30.5 Å². The minimum Gasteiger partial charge on any atom is -0.481 e. The van der Waals surface area contributed by atoms with Crippen molar-refractivity contribution < 1.29 is 23.1 Å². The van der Waals surface area contributed by atoms with Gasteiger partial charge in [0.2, 0.25) is 0 Å². The lowest BCUT2D eigenvalue weighted by Crippen LogP contribution is -2.24. The Kier molecular flexibility index (Phi) is 5.13. The maximum Gasteiger partial charge on any atom is 0.306 e. The summed E-state index contributed by atoms with van der Waals surface area (Å²) in [5.74, 6) is -0.320. The third-order valence-corrected chi connectivity index (χ3v) is 7.62. The van der Waals surface area contributed by atoms with Crippen LogP contribution in [0.4, 0.5) is 0 Å². The molecule has 0 radical (unpaired) electrons. The molecule has 0 spiro atoms. The van der Waals surface area contributed by atoms with Gasteiger partial charge in [-0.3, -0.25) is 9.78 Å². The van der Waals surface area contributed by atoms with Crippen LogP contribution >= 0.6 is 0 Å². The largest absolute Gasteiger partial charge is 0.481 e. The highest BCUT2D eigenvalue weighted by molar-refractivity contribution is 7.90. The lowest BCUT2D eigenvalue weighted by Gasteiger charge is -2.26. The number of aromatic nitrogens is 3. The Balaban J connectivity index is 1.50. The van der Waals surface area contributed by atoms with Crippen LogP contribution in [0.5, 0.6) is 11.5 Å². The Morgan fingerprint density at radius 2 is 1.94 bits per heavy atom. The predicted molar refractivity (Wildman–Crippen MR) is 121 cm³/mol. The fraction of sp³-hybridized carbons (Fsp3) is 0.208. The molecule has 3 aromatic heterocycles. The van der Waals surface area contributed by atoms with E-state index in [1.165, 1.54) is 24.5 Å². The summed E-state index contributed by atoms with van der Waals surface area (Å²) in [4.78, 5) is 20.5. The molecule has 33 heavy (non-hydrogen) atoms. The van der Waals surface area contributed by atoms with Crippen LogP contribution in [0.15, 0.2) is 72.0 Å². The zero-order valence-electron chi connectivity index (χ0n) is 17.7. The van der Waals surface area contributed by atoms with E-state index in [0.29, 0.717) is 29.7 Å². The zero-order valence-corrected chi connectivity index (χ0v) is 18.6. The molecule has 0 saturated heterocycles. The average molecular weight is 464 g/mol. The van der Waals surface area contributed by atoms with Gasteiger partial charge in [0.05, 0.1) is 22.4 Å². The first kappa shape index (κ1) is 21.1. The summed E-state index contributed by atoms with van der Waals surface area (Å²) in [6.45, 7) is 1.98. The fourth-order valence-electron chi connectivity index (χ4n) is 4.34. The van der Waals surface area contributed by atoms with E-state index in [9.17, 15) is 18.3 Å². The summed E-state index contributed by atoms with van der Waals surface area (Å²) in [6.07, 6.45) is 5.52. The second-order valence-corrected chi connectivity index (χ2v) is 9.98. The minimum atomic E-state index is -3.81. The Morgan fingerprint density at radius 3 is 2.70 bits per heavy atom. The number of aliphatic carboxylic acids is 1. The van der Waals surface area contributed by atoms with E-state index in [1.54, 1.807) is 36.5 Å². The Labute approximate surface area is 190 Å². The molecular formula is C24H21N3O5S. The third kappa shape index (κ3) is 3.74. The molecule has 4 aromatic rings. The van der Waals surface area contributed by atoms with E-state index < -0.39 is 21.9 Å². The van der Waals surface area contributed by atoms with Crippen molar-refractivity contribution in [1.82, 2.24) is 13.9 Å². The lowest BCUT2D eigenvalue weighted by molar-refractivity contribution is -0.142. The Bertz CT molecular complexity index is 1460. The molecule has 168 valence electrons. The number of carboxylic acids is 1. The summed E-state index contributed by atoms with van der Waals surface area (Å²) in [6, 6.07) is 13.3. The first-order valence-corrected chi connectivity index (χ1v) is 11.9. The number of pyridine rings is 2. The highest BCUT2D eigenvalue weighted by Gasteiger charge is 2.30. The van der Waals surface area contributed by atoms with Crippen LogP contribution in [-0.4, -0.2) is 33.4 Å². The van der Waals surface area contributed by atoms with E-state index >= 15 is 0 Å². The van der Waals surface area contributed by atoms with Gasteiger partial charge in [-0.2, -0.15) is 0 Å². The molecule has 5 rings (SSSR count). The fourth-order valence-corrected chi connectivity index (χ4v) is 5.67.